The van der Waals surface area contributed by atoms with Crippen molar-refractivity contribution in [3.63, 3.8) is 0 Å². The van der Waals surface area contributed by atoms with E-state index in [9.17, 15) is 14.0 Å². The highest BCUT2D eigenvalue weighted by Gasteiger charge is 2.35. The van der Waals surface area contributed by atoms with Gasteiger partial charge in [0.15, 0.2) is 10.9 Å². The Labute approximate surface area is 214 Å². The molecule has 0 saturated carbocycles. The number of hydrogen-bond donors (Lipinski definition) is 1. The predicted octanol–water partition coefficient (Wildman–Crippen LogP) is 5.96. The van der Waals surface area contributed by atoms with Gasteiger partial charge in [-0.15, -0.1) is 0 Å². The third-order valence-electron chi connectivity index (χ3n) is 4.99. The highest BCUT2D eigenvalue weighted by atomic mass is 79.9. The largest absolute Gasteiger partial charge is 0.486 e. The van der Waals surface area contributed by atoms with Crippen molar-refractivity contribution in [3.8, 4) is 5.75 Å². The van der Waals surface area contributed by atoms with Gasteiger partial charge in [0.05, 0.1) is 15.2 Å². The summed E-state index contributed by atoms with van der Waals surface area (Å²) in [6.07, 6.45) is 1.37. The smallest absolute Gasteiger partial charge is 0.270 e. The zero-order valence-corrected chi connectivity index (χ0v) is 20.9. The monoisotopic (exact) mass is 558 g/mol. The van der Waals surface area contributed by atoms with Gasteiger partial charge in [-0.3, -0.25) is 14.9 Å². The second-order valence-electron chi connectivity index (χ2n) is 7.50. The van der Waals surface area contributed by atoms with Crippen molar-refractivity contribution in [2.75, 3.05) is 4.90 Å². The maximum Gasteiger partial charge on any atom is 0.270 e. The number of nitrogens with zero attached hydrogens (tertiary/aromatic N) is 1. The summed E-state index contributed by atoms with van der Waals surface area (Å²) >= 11 is 15.0. The molecule has 1 fully saturated rings. The van der Waals surface area contributed by atoms with Gasteiger partial charge in [0.25, 0.3) is 11.8 Å². The molecule has 3 aromatic rings. The zero-order chi connectivity index (χ0) is 24.4. The lowest BCUT2D eigenvalue weighted by atomic mass is 10.1. The fourth-order valence-electron chi connectivity index (χ4n) is 3.43. The molecule has 2 amide bonds. The first-order valence-electron chi connectivity index (χ1n) is 10.1. The molecule has 0 spiro atoms. The minimum atomic E-state index is -0.745. The fourth-order valence-corrected chi connectivity index (χ4v) is 4.70. The van der Waals surface area contributed by atoms with Crippen LogP contribution < -0.4 is 15.0 Å². The first kappa shape index (κ1) is 24.1. The molecule has 1 aliphatic rings. The summed E-state index contributed by atoms with van der Waals surface area (Å²) in [4.78, 5) is 26.6. The molecule has 172 valence electrons. The number of thiocarbonyl (C=S) groups is 1. The van der Waals surface area contributed by atoms with Crippen molar-refractivity contribution in [1.82, 2.24) is 5.32 Å². The Balaban J connectivity index is 1.62. The molecule has 0 bridgehead atoms. The number of benzene rings is 3. The van der Waals surface area contributed by atoms with Crippen LogP contribution in [0.2, 0.25) is 5.02 Å². The maximum atomic E-state index is 14.3. The fraction of sp³-hybridized carbons (Fsp3) is 0.0800. The van der Waals surface area contributed by atoms with E-state index in [2.05, 4.69) is 21.2 Å². The number of halogens is 3. The number of carbonyl (C=O) groups excluding carboxylic acids is 2. The van der Waals surface area contributed by atoms with E-state index in [0.29, 0.717) is 27.4 Å². The van der Waals surface area contributed by atoms with Gasteiger partial charge >= 0.3 is 0 Å². The Morgan fingerprint density at radius 1 is 1.15 bits per heavy atom. The van der Waals surface area contributed by atoms with Crippen molar-refractivity contribution in [2.24, 2.45) is 0 Å². The molecule has 0 atom stereocenters. The van der Waals surface area contributed by atoms with Crippen molar-refractivity contribution in [1.29, 1.82) is 0 Å². The molecule has 1 N–H and O–H groups in total. The number of hydrogen-bond acceptors (Lipinski definition) is 4. The molecule has 3 aromatic carbocycles. The highest BCUT2D eigenvalue weighted by molar-refractivity contribution is 9.10. The van der Waals surface area contributed by atoms with E-state index < -0.39 is 17.6 Å². The quantitative estimate of drug-likeness (QED) is 0.238. The van der Waals surface area contributed by atoms with E-state index in [0.717, 1.165) is 16.0 Å². The van der Waals surface area contributed by atoms with Crippen LogP contribution in [-0.4, -0.2) is 16.9 Å². The number of rotatable bonds is 5. The SMILES string of the molecule is Cc1cccc(COc2c(Cl)cc(/C=C3\C(=O)NC(=S)N(c4ccccc4F)C3=O)cc2Br)c1. The van der Waals surface area contributed by atoms with Crippen LogP contribution in [0.1, 0.15) is 16.7 Å². The lowest BCUT2D eigenvalue weighted by molar-refractivity contribution is -0.122. The number of carbonyl (C=O) groups is 2. The molecule has 1 heterocycles. The molecule has 9 heteroatoms. The number of amides is 2. The van der Waals surface area contributed by atoms with Crippen LogP contribution in [0.15, 0.2) is 70.7 Å². The van der Waals surface area contributed by atoms with Crippen LogP contribution in [0.5, 0.6) is 5.75 Å². The van der Waals surface area contributed by atoms with Crippen molar-refractivity contribution >= 4 is 68.4 Å². The molecule has 1 saturated heterocycles. The van der Waals surface area contributed by atoms with Crippen molar-refractivity contribution in [2.45, 2.75) is 13.5 Å². The van der Waals surface area contributed by atoms with E-state index in [-0.39, 0.29) is 16.4 Å². The van der Waals surface area contributed by atoms with E-state index in [4.69, 9.17) is 28.6 Å². The van der Waals surface area contributed by atoms with Crippen LogP contribution in [0.25, 0.3) is 6.08 Å². The third kappa shape index (κ3) is 5.04. The van der Waals surface area contributed by atoms with Crippen molar-refractivity contribution in [3.05, 3.63) is 98.2 Å². The first-order valence-corrected chi connectivity index (χ1v) is 11.7. The number of anilines is 1. The maximum absolute atomic E-state index is 14.3. The normalized spacial score (nSPS) is 15.0. The standard InChI is InChI=1S/C25H17BrClFN2O3S/c1-14-5-4-6-15(9-14)13-33-22-18(26)11-16(12-19(22)27)10-17-23(31)29-25(34)30(24(17)32)21-8-3-2-7-20(21)28/h2-12H,13H2,1H3,(H,29,31,34)/b17-10+. The van der Waals surface area contributed by atoms with E-state index in [1.54, 1.807) is 18.2 Å². The van der Waals surface area contributed by atoms with Gasteiger partial charge < -0.3 is 4.74 Å². The minimum Gasteiger partial charge on any atom is -0.486 e. The van der Waals surface area contributed by atoms with Gasteiger partial charge in [-0.25, -0.2) is 9.29 Å². The van der Waals surface area contributed by atoms with Crippen LogP contribution in [0.4, 0.5) is 10.1 Å². The molecule has 0 aliphatic carbocycles. The van der Waals surface area contributed by atoms with Gasteiger partial charge in [-0.05, 0) is 76.5 Å². The van der Waals surface area contributed by atoms with Crippen LogP contribution in [-0.2, 0) is 16.2 Å². The Bertz CT molecular complexity index is 1340. The summed E-state index contributed by atoms with van der Waals surface area (Å²) < 4.78 is 20.7. The van der Waals surface area contributed by atoms with E-state index in [1.807, 2.05) is 31.2 Å². The number of nitrogens with one attached hydrogen (secondary N) is 1. The highest BCUT2D eigenvalue weighted by Crippen LogP contribution is 2.36. The number of ether oxygens (including phenoxy) is 1. The van der Waals surface area contributed by atoms with Crippen LogP contribution in [0, 0.1) is 12.7 Å². The average molecular weight is 560 g/mol. The zero-order valence-electron chi connectivity index (χ0n) is 17.8. The summed E-state index contributed by atoms with van der Waals surface area (Å²) in [7, 11) is 0. The molecular formula is C25H17BrClFN2O3S. The second kappa shape index (κ2) is 10.0. The van der Waals surface area contributed by atoms with Gasteiger partial charge in [0.2, 0.25) is 0 Å². The van der Waals surface area contributed by atoms with Crippen LogP contribution in [0.3, 0.4) is 0 Å². The molecule has 4 rings (SSSR count). The van der Waals surface area contributed by atoms with Gasteiger partial charge in [-0.1, -0.05) is 53.6 Å². The molecule has 34 heavy (non-hydrogen) atoms. The molecule has 1 aliphatic heterocycles. The summed E-state index contributed by atoms with van der Waals surface area (Å²) in [5, 5.41) is 2.53. The Morgan fingerprint density at radius 2 is 1.91 bits per heavy atom. The molecular weight excluding hydrogens is 543 g/mol. The molecule has 0 radical (unpaired) electrons. The summed E-state index contributed by atoms with van der Waals surface area (Å²) in [6, 6.07) is 16.8. The Kier molecular flexibility index (Phi) is 7.11. The summed E-state index contributed by atoms with van der Waals surface area (Å²) in [5.74, 6) is -1.64. The molecule has 0 unspecified atom stereocenters. The predicted molar refractivity (Wildman–Crippen MR) is 137 cm³/mol. The van der Waals surface area contributed by atoms with Gasteiger partial charge in [-0.2, -0.15) is 0 Å². The van der Waals surface area contributed by atoms with Crippen LogP contribution >= 0.6 is 39.7 Å². The Morgan fingerprint density at radius 3 is 2.62 bits per heavy atom. The first-order chi connectivity index (χ1) is 16.2. The number of para-hydroxylation sites is 1. The topological polar surface area (TPSA) is 58.6 Å². The average Bonchev–Trinajstić information content (AvgIpc) is 2.77. The molecule has 0 aromatic heterocycles. The van der Waals surface area contributed by atoms with E-state index >= 15 is 0 Å². The minimum absolute atomic E-state index is 0.0532. The second-order valence-corrected chi connectivity index (χ2v) is 9.15. The lowest BCUT2D eigenvalue weighted by Gasteiger charge is -2.29. The lowest BCUT2D eigenvalue weighted by Crippen LogP contribution is -2.54. The van der Waals surface area contributed by atoms with E-state index in [1.165, 1.54) is 24.3 Å². The number of aryl methyl sites for hydroxylation is 1. The molecule has 5 nitrogen and oxygen atoms in total. The Hall–Kier alpha value is -3.07. The van der Waals surface area contributed by atoms with Crippen molar-refractivity contribution < 1.29 is 18.7 Å². The van der Waals surface area contributed by atoms with Gasteiger partial charge in [0.1, 0.15) is 18.0 Å². The summed E-state index contributed by atoms with van der Waals surface area (Å²) in [6.45, 7) is 2.31. The van der Waals surface area contributed by atoms with Gasteiger partial charge in [0, 0.05) is 0 Å². The summed E-state index contributed by atoms with van der Waals surface area (Å²) in [5.41, 5.74) is 2.31. The third-order valence-corrected chi connectivity index (χ3v) is 6.15.